The van der Waals surface area contributed by atoms with Crippen molar-refractivity contribution in [1.29, 1.82) is 0 Å². The highest BCUT2D eigenvalue weighted by Gasteiger charge is 2.37. The number of hydrogen-bond donors (Lipinski definition) is 0. The van der Waals surface area contributed by atoms with Crippen molar-refractivity contribution in [3.05, 3.63) is 126 Å². The Hall–Kier alpha value is -4.83. The summed E-state index contributed by atoms with van der Waals surface area (Å²) in [6.45, 7) is 1.69. The van der Waals surface area contributed by atoms with Crippen LogP contribution in [0, 0.1) is 5.82 Å². The van der Waals surface area contributed by atoms with Crippen LogP contribution in [0.15, 0.2) is 93.9 Å². The Bertz CT molecular complexity index is 1940. The van der Waals surface area contributed by atoms with E-state index in [4.69, 9.17) is 9.47 Å². The number of amides is 1. The monoisotopic (exact) mass is 569 g/mol. The first-order chi connectivity index (χ1) is 19.8. The van der Waals surface area contributed by atoms with Gasteiger partial charge in [-0.25, -0.2) is 14.2 Å². The second kappa shape index (κ2) is 10.3. The van der Waals surface area contributed by atoms with E-state index in [9.17, 15) is 18.8 Å². The maximum absolute atomic E-state index is 14.5. The Balaban J connectivity index is 1.58. The summed E-state index contributed by atoms with van der Waals surface area (Å²) in [5, 5.41) is 0. The van der Waals surface area contributed by atoms with E-state index in [1.807, 2.05) is 0 Å². The number of esters is 1. The van der Waals surface area contributed by atoms with Crippen LogP contribution < -0.4 is 24.5 Å². The van der Waals surface area contributed by atoms with Crippen LogP contribution >= 0.6 is 11.3 Å². The molecule has 6 rings (SSSR count). The number of aromatic nitrogens is 1. The van der Waals surface area contributed by atoms with Gasteiger partial charge in [-0.2, -0.15) is 0 Å². The minimum atomic E-state index is -0.833. The lowest BCUT2D eigenvalue weighted by Crippen LogP contribution is -2.40. The van der Waals surface area contributed by atoms with Crippen molar-refractivity contribution in [3.63, 3.8) is 0 Å². The molecule has 0 saturated heterocycles. The highest BCUT2D eigenvalue weighted by atomic mass is 32.1. The number of benzene rings is 3. The van der Waals surface area contributed by atoms with E-state index in [1.165, 1.54) is 22.6 Å². The molecular weight excluding hydrogens is 545 g/mol. The predicted molar refractivity (Wildman–Crippen MR) is 152 cm³/mol. The van der Waals surface area contributed by atoms with Crippen molar-refractivity contribution in [2.45, 2.75) is 19.5 Å². The molecule has 8 nitrogen and oxygen atoms in total. The van der Waals surface area contributed by atoms with Gasteiger partial charge in [-0.3, -0.25) is 14.2 Å². The molecule has 0 spiro atoms. The van der Waals surface area contributed by atoms with Crippen LogP contribution in [0.2, 0.25) is 0 Å². The third-order valence-corrected chi connectivity index (χ3v) is 8.32. The minimum absolute atomic E-state index is 0.00441. The number of para-hydroxylation sites is 1. The molecule has 0 radical (unpaired) electrons. The number of halogens is 1. The molecule has 0 N–H and O–H groups in total. The summed E-state index contributed by atoms with van der Waals surface area (Å²) in [7, 11) is 2.83. The summed E-state index contributed by atoms with van der Waals surface area (Å²) in [5.74, 6) is -0.823. The van der Waals surface area contributed by atoms with E-state index in [-0.39, 0.29) is 22.2 Å². The topological polar surface area (TPSA) is 90.2 Å². The molecule has 0 aliphatic carbocycles. The number of thiazole rings is 1. The molecule has 3 aromatic carbocycles. The normalized spacial score (nSPS) is 17.2. The minimum Gasteiger partial charge on any atom is -0.497 e. The number of rotatable bonds is 5. The fourth-order valence-corrected chi connectivity index (χ4v) is 6.43. The molecule has 1 atom stereocenters. The number of carbonyl (C=O) groups is 2. The number of nitrogens with zero attached hydrogens (tertiary/aromatic N) is 3. The zero-order chi connectivity index (χ0) is 28.8. The van der Waals surface area contributed by atoms with Gasteiger partial charge >= 0.3 is 5.97 Å². The van der Waals surface area contributed by atoms with Crippen LogP contribution in [0.5, 0.6) is 5.75 Å². The Morgan fingerprint density at radius 1 is 1.00 bits per heavy atom. The van der Waals surface area contributed by atoms with E-state index in [0.717, 1.165) is 11.3 Å². The standard InChI is InChI=1S/C31H24FN3O5S/c1-17-24(30(38)40-3)26(18-12-14-20(39-2)15-13-18)35-29(37)27(41-31(35)33-17)25-21-9-5-7-11-23(21)34(28(25)36)16-19-8-4-6-10-22(19)32/h4-15,26H,16H2,1-3H3/b27-25+. The number of hydrogen-bond acceptors (Lipinski definition) is 7. The first-order valence-corrected chi connectivity index (χ1v) is 13.6. The van der Waals surface area contributed by atoms with Gasteiger partial charge in [0.2, 0.25) is 0 Å². The Morgan fingerprint density at radius 3 is 2.41 bits per heavy atom. The third-order valence-electron chi connectivity index (χ3n) is 7.27. The van der Waals surface area contributed by atoms with Gasteiger partial charge in [0.1, 0.15) is 16.1 Å². The third kappa shape index (κ3) is 4.27. The zero-order valence-electron chi connectivity index (χ0n) is 22.4. The Kier molecular flexibility index (Phi) is 6.63. The van der Waals surface area contributed by atoms with Gasteiger partial charge in [0, 0.05) is 11.1 Å². The predicted octanol–water partition coefficient (Wildman–Crippen LogP) is 3.47. The SMILES string of the molecule is COC(=O)C1=C(C)N=c2s/c(=C3/C(=O)N(Cc4ccccc4F)c4ccccc43)c(=O)n2C1c1ccc(OC)cc1. The average molecular weight is 570 g/mol. The second-order valence-electron chi connectivity index (χ2n) is 9.54. The molecule has 4 aromatic rings. The average Bonchev–Trinajstić information content (AvgIpc) is 3.45. The summed E-state index contributed by atoms with van der Waals surface area (Å²) >= 11 is 1.08. The van der Waals surface area contributed by atoms with E-state index < -0.39 is 29.3 Å². The molecule has 0 fully saturated rings. The molecule has 206 valence electrons. The van der Waals surface area contributed by atoms with Gasteiger partial charge in [0.25, 0.3) is 11.5 Å². The molecule has 0 saturated carbocycles. The Morgan fingerprint density at radius 2 is 1.71 bits per heavy atom. The largest absolute Gasteiger partial charge is 0.497 e. The first-order valence-electron chi connectivity index (χ1n) is 12.8. The highest BCUT2D eigenvalue weighted by molar-refractivity contribution is 7.07. The zero-order valence-corrected chi connectivity index (χ0v) is 23.2. The maximum Gasteiger partial charge on any atom is 0.338 e. The molecule has 1 amide bonds. The lowest BCUT2D eigenvalue weighted by atomic mass is 9.96. The first kappa shape index (κ1) is 26.4. The van der Waals surface area contributed by atoms with Gasteiger partial charge in [-0.15, -0.1) is 0 Å². The molecule has 2 aliphatic heterocycles. The summed E-state index contributed by atoms with van der Waals surface area (Å²) in [6.07, 6.45) is 0. The summed E-state index contributed by atoms with van der Waals surface area (Å²) in [6, 6.07) is 19.6. The molecule has 3 heterocycles. The van der Waals surface area contributed by atoms with Gasteiger partial charge in [-0.05, 0) is 36.8 Å². The van der Waals surface area contributed by atoms with Crippen molar-refractivity contribution < 1.29 is 23.5 Å². The Labute approximate surface area is 237 Å². The van der Waals surface area contributed by atoms with Crippen molar-refractivity contribution in [2.24, 2.45) is 4.99 Å². The number of allylic oxidation sites excluding steroid dienone is 1. The van der Waals surface area contributed by atoms with Crippen LogP contribution in [0.4, 0.5) is 10.1 Å². The van der Waals surface area contributed by atoms with Crippen molar-refractivity contribution in [2.75, 3.05) is 19.1 Å². The van der Waals surface area contributed by atoms with Gasteiger partial charge in [0.05, 0.1) is 49.3 Å². The lowest BCUT2D eigenvalue weighted by molar-refractivity contribution is -0.136. The number of methoxy groups -OCH3 is 2. The number of fused-ring (bicyclic) bond motifs is 2. The fourth-order valence-electron chi connectivity index (χ4n) is 5.30. The van der Waals surface area contributed by atoms with E-state index >= 15 is 0 Å². The number of carbonyl (C=O) groups excluding carboxylic acids is 2. The summed E-state index contributed by atoms with van der Waals surface area (Å²) < 4.78 is 26.5. The molecular formula is C31H24FN3O5S. The maximum atomic E-state index is 14.5. The van der Waals surface area contributed by atoms with Crippen molar-refractivity contribution in [1.82, 2.24) is 4.57 Å². The van der Waals surface area contributed by atoms with Gasteiger partial charge in [-0.1, -0.05) is 59.9 Å². The van der Waals surface area contributed by atoms with Crippen LogP contribution in [0.25, 0.3) is 5.57 Å². The summed E-state index contributed by atoms with van der Waals surface area (Å²) in [5.41, 5.74) is 2.55. The van der Waals surface area contributed by atoms with E-state index in [2.05, 4.69) is 4.99 Å². The molecule has 1 unspecified atom stereocenters. The fraction of sp³-hybridized carbons (Fsp3) is 0.161. The molecule has 1 aromatic heterocycles. The van der Waals surface area contributed by atoms with Crippen LogP contribution in [-0.2, 0) is 20.9 Å². The lowest BCUT2D eigenvalue weighted by Gasteiger charge is -2.24. The van der Waals surface area contributed by atoms with Crippen molar-refractivity contribution >= 4 is 34.5 Å². The summed E-state index contributed by atoms with van der Waals surface area (Å²) in [4.78, 5) is 47.5. The number of ether oxygens (including phenoxy) is 2. The molecule has 2 aliphatic rings. The quantitative estimate of drug-likeness (QED) is 0.344. The van der Waals surface area contributed by atoms with Gasteiger partial charge < -0.3 is 14.4 Å². The van der Waals surface area contributed by atoms with Crippen LogP contribution in [-0.4, -0.2) is 30.7 Å². The smallest absolute Gasteiger partial charge is 0.338 e. The van der Waals surface area contributed by atoms with Crippen LogP contribution in [0.1, 0.15) is 29.7 Å². The van der Waals surface area contributed by atoms with E-state index in [1.54, 1.807) is 80.8 Å². The van der Waals surface area contributed by atoms with Gasteiger partial charge in [0.15, 0.2) is 4.80 Å². The molecule has 0 bridgehead atoms. The highest BCUT2D eigenvalue weighted by Crippen LogP contribution is 2.37. The second-order valence-corrected chi connectivity index (χ2v) is 10.5. The number of anilines is 1. The molecule has 41 heavy (non-hydrogen) atoms. The molecule has 10 heteroatoms. The van der Waals surface area contributed by atoms with Crippen LogP contribution in [0.3, 0.4) is 0 Å². The van der Waals surface area contributed by atoms with Crippen molar-refractivity contribution in [3.8, 4) is 5.75 Å². The van der Waals surface area contributed by atoms with E-state index in [0.29, 0.717) is 38.6 Å².